The van der Waals surface area contributed by atoms with Gasteiger partial charge in [-0.15, -0.1) is 24.0 Å². The van der Waals surface area contributed by atoms with Crippen molar-refractivity contribution in [2.75, 3.05) is 13.6 Å². The van der Waals surface area contributed by atoms with Gasteiger partial charge < -0.3 is 20.7 Å². The smallest absolute Gasteiger partial charge is 0.251 e. The summed E-state index contributed by atoms with van der Waals surface area (Å²) in [5.41, 5.74) is 3.92. The number of hydrogen-bond donors (Lipinski definition) is 3. The lowest BCUT2D eigenvalue weighted by molar-refractivity contribution is 0.0953. The number of aryl methyl sites for hydroxylation is 1. The Balaban J connectivity index is 0.00000480. The van der Waals surface area contributed by atoms with Gasteiger partial charge in [0, 0.05) is 37.8 Å². The molecule has 2 aromatic rings. The summed E-state index contributed by atoms with van der Waals surface area (Å²) in [7, 11) is 1.74. The van der Waals surface area contributed by atoms with Gasteiger partial charge in [-0.3, -0.25) is 9.79 Å². The summed E-state index contributed by atoms with van der Waals surface area (Å²) in [5.74, 6) is 1.53. The molecule has 7 heteroatoms. The minimum atomic E-state index is -0.0433. The molecule has 0 saturated carbocycles. The number of benzene rings is 2. The Morgan fingerprint density at radius 2 is 1.81 bits per heavy atom. The van der Waals surface area contributed by atoms with Gasteiger partial charge in [0.15, 0.2) is 5.96 Å². The molecule has 0 aliphatic rings. The van der Waals surface area contributed by atoms with Gasteiger partial charge in [0.1, 0.15) is 5.75 Å². The molecule has 3 N–H and O–H groups in total. The van der Waals surface area contributed by atoms with Crippen molar-refractivity contribution in [1.82, 2.24) is 16.0 Å². The number of aliphatic imine (C=N–C) groups is 1. The second-order valence-corrected chi connectivity index (χ2v) is 7.51. The number of amides is 1. The quantitative estimate of drug-likeness (QED) is 0.251. The van der Waals surface area contributed by atoms with Crippen molar-refractivity contribution in [3.63, 3.8) is 0 Å². The number of carbonyl (C=O) groups is 1. The van der Waals surface area contributed by atoms with Crippen molar-refractivity contribution in [1.29, 1.82) is 0 Å². The van der Waals surface area contributed by atoms with Crippen LogP contribution in [0.25, 0.3) is 0 Å². The van der Waals surface area contributed by atoms with Crippen LogP contribution < -0.4 is 20.7 Å². The molecule has 2 rings (SSSR count). The standard InChI is InChI=1S/C24H34N4O2.HI/c1-6-12-26-23(29)20-9-7-8-19(14-20)15-27-24(25-5)28-16-21-11-10-18(4)13-22(21)30-17(2)3;/h7-11,13-14,17H,6,12,15-16H2,1-5H3,(H,26,29)(H2,25,27,28);1H. The number of carbonyl (C=O) groups excluding carboxylic acids is 1. The van der Waals surface area contributed by atoms with Crippen LogP contribution in [0.3, 0.4) is 0 Å². The van der Waals surface area contributed by atoms with Gasteiger partial charge in [-0.05, 0) is 56.5 Å². The minimum absolute atomic E-state index is 0. The molecular formula is C24H35IN4O2. The first-order chi connectivity index (χ1) is 14.4. The van der Waals surface area contributed by atoms with Crippen molar-refractivity contribution >= 4 is 35.8 Å². The molecule has 6 nitrogen and oxygen atoms in total. The summed E-state index contributed by atoms with van der Waals surface area (Å²) in [6.07, 6.45) is 1.03. The van der Waals surface area contributed by atoms with Gasteiger partial charge in [-0.25, -0.2) is 0 Å². The Bertz CT molecular complexity index is 868. The Kier molecular flexibility index (Phi) is 12.0. The molecule has 0 saturated heterocycles. The van der Waals surface area contributed by atoms with Gasteiger partial charge in [0.05, 0.1) is 6.10 Å². The molecule has 170 valence electrons. The molecule has 0 fully saturated rings. The molecule has 0 bridgehead atoms. The monoisotopic (exact) mass is 538 g/mol. The molecule has 0 unspecified atom stereocenters. The van der Waals surface area contributed by atoms with Crippen LogP contribution in [-0.2, 0) is 13.1 Å². The van der Waals surface area contributed by atoms with Gasteiger partial charge >= 0.3 is 0 Å². The highest BCUT2D eigenvalue weighted by atomic mass is 127. The first-order valence-electron chi connectivity index (χ1n) is 10.5. The molecule has 31 heavy (non-hydrogen) atoms. The molecular weight excluding hydrogens is 503 g/mol. The zero-order chi connectivity index (χ0) is 21.9. The Morgan fingerprint density at radius 3 is 2.48 bits per heavy atom. The first-order valence-corrected chi connectivity index (χ1v) is 10.5. The van der Waals surface area contributed by atoms with Gasteiger partial charge in [-0.2, -0.15) is 0 Å². The lowest BCUT2D eigenvalue weighted by atomic mass is 10.1. The molecule has 0 aliphatic carbocycles. The zero-order valence-electron chi connectivity index (χ0n) is 19.1. The first kappa shape index (κ1) is 26.7. The van der Waals surface area contributed by atoms with Crippen molar-refractivity contribution in [3.8, 4) is 5.75 Å². The lowest BCUT2D eigenvalue weighted by Crippen LogP contribution is -2.36. The maximum absolute atomic E-state index is 12.2. The number of halogens is 1. The van der Waals surface area contributed by atoms with E-state index >= 15 is 0 Å². The largest absolute Gasteiger partial charge is 0.491 e. The van der Waals surface area contributed by atoms with E-state index in [4.69, 9.17) is 4.74 Å². The third-order valence-electron chi connectivity index (χ3n) is 4.44. The summed E-state index contributed by atoms with van der Waals surface area (Å²) in [6, 6.07) is 13.8. The van der Waals surface area contributed by atoms with Crippen LogP contribution in [0.4, 0.5) is 0 Å². The van der Waals surface area contributed by atoms with E-state index in [0.29, 0.717) is 31.2 Å². The SMILES string of the molecule is CCCNC(=O)c1cccc(CNC(=NC)NCc2ccc(C)cc2OC(C)C)c1.I. The molecule has 1 amide bonds. The summed E-state index contributed by atoms with van der Waals surface area (Å²) < 4.78 is 5.95. The highest BCUT2D eigenvalue weighted by Gasteiger charge is 2.09. The minimum Gasteiger partial charge on any atom is -0.491 e. The normalized spacial score (nSPS) is 11.0. The van der Waals surface area contributed by atoms with E-state index in [1.165, 1.54) is 5.56 Å². The average Bonchev–Trinajstić information content (AvgIpc) is 2.73. The van der Waals surface area contributed by atoms with E-state index in [9.17, 15) is 4.79 Å². The fourth-order valence-corrected chi connectivity index (χ4v) is 2.92. The number of nitrogens with zero attached hydrogens (tertiary/aromatic N) is 1. The van der Waals surface area contributed by atoms with Crippen LogP contribution in [-0.4, -0.2) is 31.6 Å². The topological polar surface area (TPSA) is 74.8 Å². The molecule has 0 atom stereocenters. The third-order valence-corrected chi connectivity index (χ3v) is 4.44. The zero-order valence-corrected chi connectivity index (χ0v) is 21.4. The summed E-state index contributed by atoms with van der Waals surface area (Å²) in [6.45, 7) is 9.99. The van der Waals surface area contributed by atoms with Crippen molar-refractivity contribution in [2.45, 2.75) is 53.3 Å². The maximum atomic E-state index is 12.2. The summed E-state index contributed by atoms with van der Waals surface area (Å²) >= 11 is 0. The second kappa shape index (κ2) is 13.9. The van der Waals surface area contributed by atoms with Gasteiger partial charge in [0.2, 0.25) is 0 Å². The van der Waals surface area contributed by atoms with E-state index in [-0.39, 0.29) is 36.0 Å². The fraction of sp³-hybridized carbons (Fsp3) is 0.417. The second-order valence-electron chi connectivity index (χ2n) is 7.51. The number of ether oxygens (including phenoxy) is 1. The van der Waals surface area contributed by atoms with Crippen LogP contribution in [0.1, 0.15) is 54.2 Å². The molecule has 0 radical (unpaired) electrons. The highest BCUT2D eigenvalue weighted by Crippen LogP contribution is 2.21. The highest BCUT2D eigenvalue weighted by molar-refractivity contribution is 14.0. The number of hydrogen-bond acceptors (Lipinski definition) is 3. The predicted octanol–water partition coefficient (Wildman–Crippen LogP) is 4.41. The Morgan fingerprint density at radius 1 is 1.06 bits per heavy atom. The van der Waals surface area contributed by atoms with Crippen molar-refractivity contribution in [2.24, 2.45) is 4.99 Å². The number of guanidine groups is 1. The Hall–Kier alpha value is -2.29. The van der Waals surface area contributed by atoms with Crippen LogP contribution >= 0.6 is 24.0 Å². The van der Waals surface area contributed by atoms with Crippen LogP contribution in [0.5, 0.6) is 5.75 Å². The van der Waals surface area contributed by atoms with Gasteiger partial charge in [-0.1, -0.05) is 31.2 Å². The Labute approximate surface area is 203 Å². The number of rotatable bonds is 9. The van der Waals surface area contributed by atoms with E-state index in [0.717, 1.165) is 23.3 Å². The van der Waals surface area contributed by atoms with Gasteiger partial charge in [0.25, 0.3) is 5.91 Å². The van der Waals surface area contributed by atoms with Crippen LogP contribution in [0, 0.1) is 6.92 Å². The lowest BCUT2D eigenvalue weighted by Gasteiger charge is -2.17. The molecule has 0 aromatic heterocycles. The fourth-order valence-electron chi connectivity index (χ4n) is 2.92. The third kappa shape index (κ3) is 9.16. The molecule has 0 aliphatic heterocycles. The van der Waals surface area contributed by atoms with E-state index in [1.807, 2.05) is 45.0 Å². The summed E-state index contributed by atoms with van der Waals surface area (Å²) in [4.78, 5) is 16.5. The van der Waals surface area contributed by atoms with Crippen molar-refractivity contribution < 1.29 is 9.53 Å². The van der Waals surface area contributed by atoms with E-state index < -0.39 is 0 Å². The van der Waals surface area contributed by atoms with Crippen LogP contribution in [0.2, 0.25) is 0 Å². The van der Waals surface area contributed by atoms with E-state index in [1.54, 1.807) is 7.05 Å². The predicted molar refractivity (Wildman–Crippen MR) is 138 cm³/mol. The summed E-state index contributed by atoms with van der Waals surface area (Å²) in [5, 5.41) is 9.54. The van der Waals surface area contributed by atoms with E-state index in [2.05, 4.69) is 46.1 Å². The number of nitrogens with one attached hydrogen (secondary N) is 3. The molecule has 0 spiro atoms. The van der Waals surface area contributed by atoms with Crippen LogP contribution in [0.15, 0.2) is 47.5 Å². The van der Waals surface area contributed by atoms with Crippen molar-refractivity contribution in [3.05, 3.63) is 64.7 Å². The molecule has 0 heterocycles. The average molecular weight is 538 g/mol. The maximum Gasteiger partial charge on any atom is 0.251 e. The molecule has 2 aromatic carbocycles.